The summed E-state index contributed by atoms with van der Waals surface area (Å²) in [7, 11) is 0. The number of aromatic amines is 1. The van der Waals surface area contributed by atoms with Crippen molar-refractivity contribution >= 4 is 5.91 Å². The van der Waals surface area contributed by atoms with Crippen LogP contribution in [0.3, 0.4) is 0 Å². The Hall–Kier alpha value is -1.76. The summed E-state index contributed by atoms with van der Waals surface area (Å²) in [4.78, 5) is 26.6. The molecule has 1 amide bonds. The Kier molecular flexibility index (Phi) is 4.96. The third-order valence-electron chi connectivity index (χ3n) is 2.30. The van der Waals surface area contributed by atoms with E-state index in [1.807, 2.05) is 0 Å². The molecular formula is C11H14F2N2O3. The maximum absolute atomic E-state index is 12.3. The Morgan fingerprint density at radius 2 is 2.17 bits per heavy atom. The van der Waals surface area contributed by atoms with Crippen LogP contribution in [-0.2, 0) is 0 Å². The molecule has 5 nitrogen and oxygen atoms in total. The van der Waals surface area contributed by atoms with Crippen LogP contribution in [-0.4, -0.2) is 47.0 Å². The van der Waals surface area contributed by atoms with Crippen LogP contribution in [0, 0.1) is 6.92 Å². The summed E-state index contributed by atoms with van der Waals surface area (Å²) in [6, 6.07) is 2.79. The maximum Gasteiger partial charge on any atom is 0.260 e. The van der Waals surface area contributed by atoms with Gasteiger partial charge in [0.05, 0.1) is 13.2 Å². The number of aliphatic hydroxyl groups is 1. The summed E-state index contributed by atoms with van der Waals surface area (Å²) in [6.45, 7) is 0.145. The van der Waals surface area contributed by atoms with Crippen molar-refractivity contribution in [1.82, 2.24) is 9.88 Å². The van der Waals surface area contributed by atoms with Gasteiger partial charge in [-0.15, -0.1) is 0 Å². The molecule has 0 aromatic carbocycles. The number of halogens is 2. The van der Waals surface area contributed by atoms with Gasteiger partial charge in [-0.05, 0) is 19.1 Å². The Labute approximate surface area is 102 Å². The minimum Gasteiger partial charge on any atom is -0.395 e. The highest BCUT2D eigenvalue weighted by Crippen LogP contribution is 2.04. The highest BCUT2D eigenvalue weighted by molar-refractivity contribution is 5.93. The molecule has 0 unspecified atom stereocenters. The van der Waals surface area contributed by atoms with E-state index in [0.717, 1.165) is 4.90 Å². The van der Waals surface area contributed by atoms with Crippen LogP contribution < -0.4 is 5.56 Å². The van der Waals surface area contributed by atoms with Gasteiger partial charge >= 0.3 is 0 Å². The highest BCUT2D eigenvalue weighted by Gasteiger charge is 2.21. The molecule has 1 rings (SSSR count). The van der Waals surface area contributed by atoms with E-state index in [1.54, 1.807) is 6.92 Å². The fraction of sp³-hybridized carbons (Fsp3) is 0.455. The first-order valence-electron chi connectivity index (χ1n) is 5.34. The molecule has 1 aromatic rings. The number of rotatable bonds is 5. The van der Waals surface area contributed by atoms with E-state index in [9.17, 15) is 18.4 Å². The number of alkyl halides is 2. The van der Waals surface area contributed by atoms with Gasteiger partial charge in [-0.25, -0.2) is 8.78 Å². The number of nitrogens with zero attached hydrogens (tertiary/aromatic N) is 1. The number of carbonyl (C=O) groups is 1. The largest absolute Gasteiger partial charge is 0.395 e. The zero-order valence-corrected chi connectivity index (χ0v) is 9.82. The standard InChI is InChI=1S/C11H14F2N2O3/c1-7-2-3-8(10(17)14-7)11(18)15(4-5-16)6-9(12)13/h2-3,9,16H,4-6H2,1H3,(H,14,17). The molecule has 0 atom stereocenters. The number of aliphatic hydroxyl groups excluding tert-OH is 1. The van der Waals surface area contributed by atoms with Crippen molar-refractivity contribution in [3.8, 4) is 0 Å². The average molecular weight is 260 g/mol. The van der Waals surface area contributed by atoms with E-state index in [0.29, 0.717) is 5.69 Å². The first-order chi connectivity index (χ1) is 8.45. The van der Waals surface area contributed by atoms with Gasteiger partial charge in [-0.3, -0.25) is 9.59 Å². The van der Waals surface area contributed by atoms with Crippen LogP contribution in [0.5, 0.6) is 0 Å². The third kappa shape index (κ3) is 3.63. The van der Waals surface area contributed by atoms with Crippen molar-refractivity contribution in [3.63, 3.8) is 0 Å². The van der Waals surface area contributed by atoms with Gasteiger partial charge in [0.1, 0.15) is 5.56 Å². The Bertz CT molecular complexity index is 474. The van der Waals surface area contributed by atoms with Gasteiger partial charge in [0, 0.05) is 12.2 Å². The molecule has 18 heavy (non-hydrogen) atoms. The summed E-state index contributed by atoms with van der Waals surface area (Å²) in [5.41, 5.74) is -0.272. The fourth-order valence-corrected chi connectivity index (χ4v) is 1.47. The topological polar surface area (TPSA) is 73.4 Å². The van der Waals surface area contributed by atoms with Crippen molar-refractivity contribution < 1.29 is 18.7 Å². The molecule has 7 heteroatoms. The maximum atomic E-state index is 12.3. The molecule has 0 bridgehead atoms. The lowest BCUT2D eigenvalue weighted by molar-refractivity contribution is 0.0507. The summed E-state index contributed by atoms with van der Waals surface area (Å²) >= 11 is 0. The van der Waals surface area contributed by atoms with E-state index in [4.69, 9.17) is 5.11 Å². The number of pyridine rings is 1. The molecule has 0 aliphatic carbocycles. The van der Waals surface area contributed by atoms with Crippen LogP contribution in [0.25, 0.3) is 0 Å². The lowest BCUT2D eigenvalue weighted by Gasteiger charge is -2.20. The number of aromatic nitrogens is 1. The number of carbonyl (C=O) groups excluding carboxylic acids is 1. The van der Waals surface area contributed by atoms with Crippen LogP contribution in [0.15, 0.2) is 16.9 Å². The van der Waals surface area contributed by atoms with Crippen molar-refractivity contribution in [2.75, 3.05) is 19.7 Å². The number of hydrogen-bond donors (Lipinski definition) is 2. The van der Waals surface area contributed by atoms with Gasteiger partial charge in [0.2, 0.25) is 0 Å². The first kappa shape index (κ1) is 14.3. The average Bonchev–Trinajstić information content (AvgIpc) is 2.27. The SMILES string of the molecule is Cc1ccc(C(=O)N(CCO)CC(F)F)c(=O)[nH]1. The molecule has 100 valence electrons. The van der Waals surface area contributed by atoms with E-state index in [1.165, 1.54) is 12.1 Å². The molecule has 0 radical (unpaired) electrons. The van der Waals surface area contributed by atoms with Gasteiger partial charge in [0.25, 0.3) is 17.9 Å². The Morgan fingerprint density at radius 3 is 2.67 bits per heavy atom. The molecule has 0 saturated heterocycles. The quantitative estimate of drug-likeness (QED) is 0.804. The molecular weight excluding hydrogens is 246 g/mol. The molecule has 1 aromatic heterocycles. The second-order valence-corrected chi connectivity index (χ2v) is 3.75. The van der Waals surface area contributed by atoms with E-state index < -0.39 is 31.0 Å². The van der Waals surface area contributed by atoms with E-state index in [-0.39, 0.29) is 12.1 Å². The summed E-state index contributed by atoms with van der Waals surface area (Å²) in [5.74, 6) is -0.814. The Morgan fingerprint density at radius 1 is 1.50 bits per heavy atom. The third-order valence-corrected chi connectivity index (χ3v) is 2.30. The van der Waals surface area contributed by atoms with Crippen LogP contribution in [0.4, 0.5) is 8.78 Å². The lowest BCUT2D eigenvalue weighted by atomic mass is 10.2. The predicted molar refractivity (Wildman–Crippen MR) is 60.8 cm³/mol. The zero-order chi connectivity index (χ0) is 13.7. The minimum atomic E-state index is -2.72. The van der Waals surface area contributed by atoms with Crippen molar-refractivity contribution in [2.24, 2.45) is 0 Å². The molecule has 0 aliphatic heterocycles. The molecule has 0 aliphatic rings. The summed E-state index contributed by atoms with van der Waals surface area (Å²) in [6.07, 6.45) is -2.72. The summed E-state index contributed by atoms with van der Waals surface area (Å²) < 4.78 is 24.6. The second-order valence-electron chi connectivity index (χ2n) is 3.75. The normalized spacial score (nSPS) is 10.7. The number of hydrogen-bond acceptors (Lipinski definition) is 3. The monoisotopic (exact) mass is 260 g/mol. The van der Waals surface area contributed by atoms with Crippen LogP contribution >= 0.6 is 0 Å². The second kappa shape index (κ2) is 6.25. The van der Waals surface area contributed by atoms with Crippen molar-refractivity contribution in [1.29, 1.82) is 0 Å². The van der Waals surface area contributed by atoms with E-state index >= 15 is 0 Å². The molecule has 0 fully saturated rings. The first-order valence-corrected chi connectivity index (χ1v) is 5.34. The fourth-order valence-electron chi connectivity index (χ4n) is 1.47. The van der Waals surface area contributed by atoms with Crippen molar-refractivity contribution in [2.45, 2.75) is 13.3 Å². The summed E-state index contributed by atoms with van der Waals surface area (Å²) in [5, 5.41) is 8.73. The minimum absolute atomic E-state index is 0.213. The molecule has 0 saturated carbocycles. The number of nitrogens with one attached hydrogen (secondary N) is 1. The predicted octanol–water partition coefficient (Wildman–Crippen LogP) is 0.383. The highest BCUT2D eigenvalue weighted by atomic mass is 19.3. The van der Waals surface area contributed by atoms with Crippen LogP contribution in [0.1, 0.15) is 16.1 Å². The van der Waals surface area contributed by atoms with Gasteiger partial charge in [-0.1, -0.05) is 0 Å². The zero-order valence-electron chi connectivity index (χ0n) is 9.82. The molecule has 1 heterocycles. The Balaban J connectivity index is 2.98. The number of H-pyrrole nitrogens is 1. The smallest absolute Gasteiger partial charge is 0.260 e. The van der Waals surface area contributed by atoms with Gasteiger partial charge in [-0.2, -0.15) is 0 Å². The molecule has 0 spiro atoms. The van der Waals surface area contributed by atoms with Crippen LogP contribution in [0.2, 0.25) is 0 Å². The number of amides is 1. The van der Waals surface area contributed by atoms with Gasteiger partial charge < -0.3 is 15.0 Å². The van der Waals surface area contributed by atoms with Gasteiger partial charge in [0.15, 0.2) is 0 Å². The number of aryl methyl sites for hydroxylation is 1. The molecule has 2 N–H and O–H groups in total. The lowest BCUT2D eigenvalue weighted by Crippen LogP contribution is -2.39. The van der Waals surface area contributed by atoms with Crippen molar-refractivity contribution in [3.05, 3.63) is 33.7 Å². The van der Waals surface area contributed by atoms with E-state index in [2.05, 4.69) is 4.98 Å².